The van der Waals surface area contributed by atoms with Crippen molar-refractivity contribution in [3.63, 3.8) is 0 Å². The van der Waals surface area contributed by atoms with E-state index in [0.29, 0.717) is 17.0 Å². The normalized spacial score (nSPS) is 11.0. The molecular formula is C19H22N4O2. The maximum atomic E-state index is 12.8. The number of nitrogens with one attached hydrogen (secondary N) is 1. The summed E-state index contributed by atoms with van der Waals surface area (Å²) in [5, 5.41) is 7.37. The van der Waals surface area contributed by atoms with Crippen LogP contribution in [-0.4, -0.2) is 41.2 Å². The van der Waals surface area contributed by atoms with Gasteiger partial charge in [-0.15, -0.1) is 0 Å². The van der Waals surface area contributed by atoms with Gasteiger partial charge in [0.2, 0.25) is 0 Å². The molecule has 1 N–H and O–H groups in total. The Labute approximate surface area is 147 Å². The van der Waals surface area contributed by atoms with Gasteiger partial charge in [-0.05, 0) is 44.3 Å². The Balaban J connectivity index is 1.84. The van der Waals surface area contributed by atoms with Crippen molar-refractivity contribution < 1.29 is 9.21 Å². The lowest BCUT2D eigenvalue weighted by Crippen LogP contribution is -2.17. The highest BCUT2D eigenvalue weighted by Crippen LogP contribution is 2.24. The molecule has 0 radical (unpaired) electrons. The van der Waals surface area contributed by atoms with E-state index >= 15 is 0 Å². The van der Waals surface area contributed by atoms with E-state index in [-0.39, 0.29) is 5.91 Å². The molecule has 0 spiro atoms. The highest BCUT2D eigenvalue weighted by Gasteiger charge is 2.19. The second-order valence-electron chi connectivity index (χ2n) is 6.21. The number of aromatic nitrogens is 2. The van der Waals surface area contributed by atoms with Gasteiger partial charge in [-0.25, -0.2) is 0 Å². The molecule has 130 valence electrons. The zero-order valence-electron chi connectivity index (χ0n) is 14.7. The number of furan rings is 1. The molecule has 0 atom stereocenters. The molecule has 0 saturated heterocycles. The van der Waals surface area contributed by atoms with E-state index in [0.717, 1.165) is 24.2 Å². The van der Waals surface area contributed by atoms with Crippen molar-refractivity contribution in [3.05, 3.63) is 60.0 Å². The fraction of sp³-hybridized carbons (Fsp3) is 0.263. The molecule has 1 amide bonds. The first-order valence-electron chi connectivity index (χ1n) is 8.16. The van der Waals surface area contributed by atoms with Gasteiger partial charge in [0.25, 0.3) is 5.91 Å². The number of carbonyl (C=O) groups excluding carboxylic acids is 1. The number of hydrogen-bond donors (Lipinski definition) is 1. The van der Waals surface area contributed by atoms with E-state index < -0.39 is 0 Å². The number of nitrogens with zero attached hydrogens (tertiary/aromatic N) is 3. The number of hydrogen-bond acceptors (Lipinski definition) is 4. The highest BCUT2D eigenvalue weighted by molar-refractivity contribution is 6.08. The first kappa shape index (κ1) is 17.0. The molecule has 6 nitrogen and oxygen atoms in total. The molecule has 0 aliphatic carbocycles. The first-order chi connectivity index (χ1) is 12.0. The number of para-hydroxylation sites is 1. The van der Waals surface area contributed by atoms with E-state index in [9.17, 15) is 4.79 Å². The number of aryl methyl sites for hydroxylation is 1. The van der Waals surface area contributed by atoms with Crippen LogP contribution in [0.2, 0.25) is 0 Å². The van der Waals surface area contributed by atoms with Gasteiger partial charge in [0.15, 0.2) is 5.76 Å². The highest BCUT2D eigenvalue weighted by atomic mass is 16.3. The Morgan fingerprint density at radius 2 is 2.04 bits per heavy atom. The average Bonchev–Trinajstić information content (AvgIpc) is 3.23. The van der Waals surface area contributed by atoms with E-state index in [1.54, 1.807) is 36.3 Å². The van der Waals surface area contributed by atoms with Crippen LogP contribution in [0, 0.1) is 0 Å². The van der Waals surface area contributed by atoms with E-state index in [2.05, 4.69) is 15.3 Å². The molecule has 0 fully saturated rings. The van der Waals surface area contributed by atoms with Crippen LogP contribution in [0.15, 0.2) is 53.3 Å². The van der Waals surface area contributed by atoms with Gasteiger partial charge in [0.05, 0.1) is 11.8 Å². The topological polar surface area (TPSA) is 63.3 Å². The number of likely N-dealkylation sites (N-methyl/N-ethyl adjacent to an activating group) is 1. The molecule has 3 rings (SSSR count). The molecule has 0 bridgehead atoms. The van der Waals surface area contributed by atoms with Crippen molar-refractivity contribution in [3.8, 4) is 11.5 Å². The van der Waals surface area contributed by atoms with Gasteiger partial charge in [-0.2, -0.15) is 5.10 Å². The van der Waals surface area contributed by atoms with Crippen molar-refractivity contribution in [2.24, 2.45) is 7.05 Å². The molecule has 1 aromatic carbocycles. The van der Waals surface area contributed by atoms with Gasteiger partial charge in [-0.3, -0.25) is 9.48 Å². The maximum Gasteiger partial charge on any atom is 0.259 e. The first-order valence-corrected chi connectivity index (χ1v) is 8.16. The summed E-state index contributed by atoms with van der Waals surface area (Å²) in [6.45, 7) is 0.914. The lowest BCUT2D eigenvalue weighted by Gasteiger charge is -2.13. The van der Waals surface area contributed by atoms with Crippen LogP contribution in [-0.2, 0) is 13.5 Å². The number of carbonyl (C=O) groups is 1. The largest absolute Gasteiger partial charge is 0.463 e. The molecule has 6 heteroatoms. The second-order valence-corrected chi connectivity index (χ2v) is 6.21. The van der Waals surface area contributed by atoms with Crippen LogP contribution in [0.25, 0.3) is 11.5 Å². The minimum atomic E-state index is -0.197. The summed E-state index contributed by atoms with van der Waals surface area (Å²) in [6.07, 6.45) is 4.14. The molecule has 25 heavy (non-hydrogen) atoms. The molecule has 0 unspecified atom stereocenters. The Morgan fingerprint density at radius 1 is 1.24 bits per heavy atom. The van der Waals surface area contributed by atoms with Crippen molar-refractivity contribution in [1.82, 2.24) is 14.7 Å². The summed E-state index contributed by atoms with van der Waals surface area (Å²) in [5.41, 5.74) is 2.95. The minimum absolute atomic E-state index is 0.197. The Bertz CT molecular complexity index is 850. The monoisotopic (exact) mass is 338 g/mol. The number of amides is 1. The Morgan fingerprint density at radius 3 is 2.76 bits per heavy atom. The Hall–Kier alpha value is -2.86. The van der Waals surface area contributed by atoms with Gasteiger partial charge in [0.1, 0.15) is 5.69 Å². The Kier molecular flexibility index (Phi) is 5.00. The van der Waals surface area contributed by atoms with E-state index in [1.165, 1.54) is 0 Å². The predicted octanol–water partition coefficient (Wildman–Crippen LogP) is 3.04. The SMILES string of the molecule is CN(C)CCc1ccccc1NC(=O)c1cn(C)nc1-c1ccco1. The lowest BCUT2D eigenvalue weighted by molar-refractivity contribution is 0.102. The third kappa shape index (κ3) is 3.97. The predicted molar refractivity (Wildman–Crippen MR) is 97.6 cm³/mol. The van der Waals surface area contributed by atoms with Gasteiger partial charge in [0, 0.05) is 25.5 Å². The zero-order chi connectivity index (χ0) is 17.8. The molecule has 0 aliphatic rings. The van der Waals surface area contributed by atoms with Gasteiger partial charge in [-0.1, -0.05) is 18.2 Å². The number of benzene rings is 1. The molecule has 2 heterocycles. The second kappa shape index (κ2) is 7.36. The fourth-order valence-corrected chi connectivity index (χ4v) is 2.64. The van der Waals surface area contributed by atoms with Crippen LogP contribution in [0.5, 0.6) is 0 Å². The van der Waals surface area contributed by atoms with Crippen molar-refractivity contribution in [2.75, 3.05) is 26.0 Å². The van der Waals surface area contributed by atoms with Crippen LogP contribution >= 0.6 is 0 Å². The molecular weight excluding hydrogens is 316 g/mol. The molecule has 0 aliphatic heterocycles. The van der Waals surface area contributed by atoms with E-state index in [1.807, 2.05) is 38.4 Å². The fourth-order valence-electron chi connectivity index (χ4n) is 2.64. The molecule has 0 saturated carbocycles. The summed E-state index contributed by atoms with van der Waals surface area (Å²) >= 11 is 0. The van der Waals surface area contributed by atoms with Crippen LogP contribution < -0.4 is 5.32 Å². The molecule has 2 aromatic heterocycles. The zero-order valence-corrected chi connectivity index (χ0v) is 14.7. The van der Waals surface area contributed by atoms with Gasteiger partial charge >= 0.3 is 0 Å². The van der Waals surface area contributed by atoms with Crippen LogP contribution in [0.4, 0.5) is 5.69 Å². The standard InChI is InChI=1S/C19H22N4O2/c1-22(2)11-10-14-7-4-5-8-16(14)20-19(24)15-13-23(3)21-18(15)17-9-6-12-25-17/h4-9,12-13H,10-11H2,1-3H3,(H,20,24). The average molecular weight is 338 g/mol. The third-order valence-corrected chi connectivity index (χ3v) is 3.92. The smallest absolute Gasteiger partial charge is 0.259 e. The van der Waals surface area contributed by atoms with Crippen molar-refractivity contribution in [1.29, 1.82) is 0 Å². The summed E-state index contributed by atoms with van der Waals surface area (Å²) in [7, 11) is 5.85. The van der Waals surface area contributed by atoms with Crippen molar-refractivity contribution in [2.45, 2.75) is 6.42 Å². The number of anilines is 1. The summed E-state index contributed by atoms with van der Waals surface area (Å²) in [4.78, 5) is 14.9. The lowest BCUT2D eigenvalue weighted by atomic mass is 10.1. The van der Waals surface area contributed by atoms with Crippen LogP contribution in [0.3, 0.4) is 0 Å². The van der Waals surface area contributed by atoms with Crippen molar-refractivity contribution >= 4 is 11.6 Å². The number of rotatable bonds is 6. The summed E-state index contributed by atoms with van der Waals surface area (Å²) in [6, 6.07) is 11.4. The molecule has 3 aromatic rings. The maximum absolute atomic E-state index is 12.8. The summed E-state index contributed by atoms with van der Waals surface area (Å²) < 4.78 is 7.02. The summed E-state index contributed by atoms with van der Waals surface area (Å²) in [5.74, 6) is 0.378. The quantitative estimate of drug-likeness (QED) is 0.750. The third-order valence-electron chi connectivity index (χ3n) is 3.92. The van der Waals surface area contributed by atoms with Gasteiger partial charge < -0.3 is 14.6 Å². The van der Waals surface area contributed by atoms with Crippen LogP contribution in [0.1, 0.15) is 15.9 Å². The van der Waals surface area contributed by atoms with E-state index in [4.69, 9.17) is 4.42 Å². The minimum Gasteiger partial charge on any atom is -0.463 e.